The fourth-order valence-electron chi connectivity index (χ4n) is 1.64. The van der Waals surface area contributed by atoms with E-state index in [1.54, 1.807) is 0 Å². The van der Waals surface area contributed by atoms with Crippen LogP contribution in [0.1, 0.15) is 12.5 Å². The van der Waals surface area contributed by atoms with E-state index in [2.05, 4.69) is 0 Å². The SMILES string of the molecule is C[C@H](N)Cc1cccc2c1OCCO2. The molecule has 0 aromatic heterocycles. The molecule has 2 N–H and O–H groups in total. The minimum absolute atomic E-state index is 0.145. The Morgan fingerprint density at radius 3 is 2.93 bits per heavy atom. The molecule has 1 aromatic rings. The average Bonchev–Trinajstić information content (AvgIpc) is 2.18. The summed E-state index contributed by atoms with van der Waals surface area (Å²) in [6, 6.07) is 6.09. The summed E-state index contributed by atoms with van der Waals surface area (Å²) in [4.78, 5) is 0. The molecule has 0 saturated heterocycles. The summed E-state index contributed by atoms with van der Waals surface area (Å²) in [6.45, 7) is 3.25. The van der Waals surface area contributed by atoms with E-state index in [1.165, 1.54) is 0 Å². The lowest BCUT2D eigenvalue weighted by molar-refractivity contribution is 0.170. The van der Waals surface area contributed by atoms with Gasteiger partial charge in [-0.25, -0.2) is 0 Å². The molecule has 0 radical (unpaired) electrons. The van der Waals surface area contributed by atoms with E-state index in [9.17, 15) is 0 Å². The molecule has 0 spiro atoms. The molecule has 1 aliphatic rings. The first-order valence-corrected chi connectivity index (χ1v) is 4.90. The van der Waals surface area contributed by atoms with Crippen molar-refractivity contribution < 1.29 is 9.47 Å². The van der Waals surface area contributed by atoms with Crippen molar-refractivity contribution in [2.75, 3.05) is 13.2 Å². The highest BCUT2D eigenvalue weighted by molar-refractivity contribution is 5.47. The minimum Gasteiger partial charge on any atom is -0.486 e. The molecule has 1 aliphatic heterocycles. The fraction of sp³-hybridized carbons (Fsp3) is 0.455. The first-order chi connectivity index (χ1) is 6.77. The Bertz CT molecular complexity index is 323. The molecule has 0 aliphatic carbocycles. The van der Waals surface area contributed by atoms with Gasteiger partial charge in [0.25, 0.3) is 0 Å². The largest absolute Gasteiger partial charge is 0.486 e. The lowest BCUT2D eigenvalue weighted by Gasteiger charge is -2.21. The normalized spacial score (nSPS) is 16.4. The maximum atomic E-state index is 5.76. The second-order valence-electron chi connectivity index (χ2n) is 3.62. The highest BCUT2D eigenvalue weighted by atomic mass is 16.6. The van der Waals surface area contributed by atoms with Gasteiger partial charge >= 0.3 is 0 Å². The van der Waals surface area contributed by atoms with E-state index >= 15 is 0 Å². The summed E-state index contributed by atoms with van der Waals surface area (Å²) in [5.41, 5.74) is 6.90. The predicted molar refractivity (Wildman–Crippen MR) is 54.8 cm³/mol. The Kier molecular flexibility index (Phi) is 2.59. The lowest BCUT2D eigenvalue weighted by atomic mass is 10.1. The number of rotatable bonds is 2. The van der Waals surface area contributed by atoms with E-state index in [0.29, 0.717) is 13.2 Å². The fourth-order valence-corrected chi connectivity index (χ4v) is 1.64. The number of nitrogens with two attached hydrogens (primary N) is 1. The summed E-state index contributed by atoms with van der Waals surface area (Å²) < 4.78 is 11.1. The molecule has 0 amide bonds. The summed E-state index contributed by atoms with van der Waals surface area (Å²) in [6.07, 6.45) is 0.826. The molecule has 1 atom stereocenters. The first kappa shape index (κ1) is 9.34. The van der Waals surface area contributed by atoms with Gasteiger partial charge in [-0.15, -0.1) is 0 Å². The van der Waals surface area contributed by atoms with Crippen LogP contribution in [-0.4, -0.2) is 19.3 Å². The minimum atomic E-state index is 0.145. The summed E-state index contributed by atoms with van der Waals surface area (Å²) in [5, 5.41) is 0. The molecule has 0 bridgehead atoms. The molecular weight excluding hydrogens is 178 g/mol. The van der Waals surface area contributed by atoms with Gasteiger partial charge in [-0.05, 0) is 25.0 Å². The predicted octanol–water partition coefficient (Wildman–Crippen LogP) is 1.35. The molecule has 14 heavy (non-hydrogen) atoms. The number of para-hydroxylation sites is 1. The van der Waals surface area contributed by atoms with Gasteiger partial charge < -0.3 is 15.2 Å². The average molecular weight is 193 g/mol. The molecule has 76 valence electrons. The van der Waals surface area contributed by atoms with Gasteiger partial charge in [0.05, 0.1) is 0 Å². The van der Waals surface area contributed by atoms with Crippen LogP contribution >= 0.6 is 0 Å². The summed E-state index contributed by atoms with van der Waals surface area (Å²) >= 11 is 0. The molecule has 3 nitrogen and oxygen atoms in total. The molecule has 0 saturated carbocycles. The van der Waals surface area contributed by atoms with Crippen LogP contribution in [0.5, 0.6) is 11.5 Å². The Morgan fingerprint density at radius 1 is 1.36 bits per heavy atom. The number of benzene rings is 1. The molecule has 0 unspecified atom stereocenters. The van der Waals surface area contributed by atoms with Crippen LogP contribution in [0, 0.1) is 0 Å². The van der Waals surface area contributed by atoms with Crippen LogP contribution in [0.2, 0.25) is 0 Å². The van der Waals surface area contributed by atoms with Crippen LogP contribution in [0.3, 0.4) is 0 Å². The van der Waals surface area contributed by atoms with Crippen LogP contribution < -0.4 is 15.2 Å². The monoisotopic (exact) mass is 193 g/mol. The van der Waals surface area contributed by atoms with Crippen molar-refractivity contribution >= 4 is 0 Å². The Morgan fingerprint density at radius 2 is 2.14 bits per heavy atom. The molecule has 2 rings (SSSR count). The van der Waals surface area contributed by atoms with Crippen molar-refractivity contribution in [3.63, 3.8) is 0 Å². The number of fused-ring (bicyclic) bond motifs is 1. The second kappa shape index (κ2) is 3.88. The third kappa shape index (κ3) is 1.82. The van der Waals surface area contributed by atoms with Crippen LogP contribution in [-0.2, 0) is 6.42 Å². The quantitative estimate of drug-likeness (QED) is 0.771. The maximum absolute atomic E-state index is 5.76. The van der Waals surface area contributed by atoms with Gasteiger partial charge in [0, 0.05) is 6.04 Å². The van der Waals surface area contributed by atoms with Gasteiger partial charge in [0.15, 0.2) is 11.5 Å². The third-order valence-corrected chi connectivity index (χ3v) is 2.19. The van der Waals surface area contributed by atoms with E-state index in [0.717, 1.165) is 23.5 Å². The summed E-state index contributed by atoms with van der Waals surface area (Å²) in [7, 11) is 0. The van der Waals surface area contributed by atoms with Crippen molar-refractivity contribution in [2.45, 2.75) is 19.4 Å². The van der Waals surface area contributed by atoms with E-state index in [4.69, 9.17) is 15.2 Å². The molecule has 3 heteroatoms. The van der Waals surface area contributed by atoms with Gasteiger partial charge in [-0.1, -0.05) is 12.1 Å². The van der Waals surface area contributed by atoms with E-state index in [1.807, 2.05) is 25.1 Å². The van der Waals surface area contributed by atoms with Gasteiger partial charge in [-0.3, -0.25) is 0 Å². The smallest absolute Gasteiger partial charge is 0.164 e. The Hall–Kier alpha value is -1.22. The number of hydrogen-bond donors (Lipinski definition) is 1. The van der Waals surface area contributed by atoms with Crippen LogP contribution in [0.15, 0.2) is 18.2 Å². The maximum Gasteiger partial charge on any atom is 0.164 e. The zero-order valence-electron chi connectivity index (χ0n) is 8.32. The molecule has 0 fully saturated rings. The van der Waals surface area contributed by atoms with Crippen molar-refractivity contribution in [3.8, 4) is 11.5 Å². The lowest BCUT2D eigenvalue weighted by Crippen LogP contribution is -2.21. The van der Waals surface area contributed by atoms with Gasteiger partial charge in [0.2, 0.25) is 0 Å². The zero-order chi connectivity index (χ0) is 9.97. The van der Waals surface area contributed by atoms with E-state index < -0.39 is 0 Å². The summed E-state index contributed by atoms with van der Waals surface area (Å²) in [5.74, 6) is 1.71. The molecular formula is C11H15NO2. The third-order valence-electron chi connectivity index (χ3n) is 2.19. The van der Waals surface area contributed by atoms with Crippen molar-refractivity contribution in [3.05, 3.63) is 23.8 Å². The molecule has 1 aromatic carbocycles. The van der Waals surface area contributed by atoms with Crippen molar-refractivity contribution in [1.29, 1.82) is 0 Å². The van der Waals surface area contributed by atoms with E-state index in [-0.39, 0.29) is 6.04 Å². The van der Waals surface area contributed by atoms with Gasteiger partial charge in [0.1, 0.15) is 13.2 Å². The Balaban J connectivity index is 2.30. The zero-order valence-corrected chi connectivity index (χ0v) is 8.32. The van der Waals surface area contributed by atoms with Gasteiger partial charge in [-0.2, -0.15) is 0 Å². The van der Waals surface area contributed by atoms with Crippen molar-refractivity contribution in [2.24, 2.45) is 5.73 Å². The standard InChI is InChI=1S/C11H15NO2/c1-8(12)7-9-3-2-4-10-11(9)14-6-5-13-10/h2-4,8H,5-7,12H2,1H3/t8-/m0/s1. The van der Waals surface area contributed by atoms with Crippen molar-refractivity contribution in [1.82, 2.24) is 0 Å². The second-order valence-corrected chi connectivity index (χ2v) is 3.62. The number of ether oxygens (including phenoxy) is 2. The topological polar surface area (TPSA) is 44.5 Å². The highest BCUT2D eigenvalue weighted by Crippen LogP contribution is 2.33. The Labute approximate surface area is 83.8 Å². The van der Waals surface area contributed by atoms with Crippen LogP contribution in [0.4, 0.5) is 0 Å². The molecule has 1 heterocycles. The number of hydrogen-bond acceptors (Lipinski definition) is 3. The first-order valence-electron chi connectivity index (χ1n) is 4.90. The highest BCUT2D eigenvalue weighted by Gasteiger charge is 2.15. The van der Waals surface area contributed by atoms with Crippen LogP contribution in [0.25, 0.3) is 0 Å².